The van der Waals surface area contributed by atoms with E-state index in [9.17, 15) is 24.3 Å². The van der Waals surface area contributed by atoms with Gasteiger partial charge < -0.3 is 20.1 Å². The molecule has 3 heterocycles. The van der Waals surface area contributed by atoms with Gasteiger partial charge in [-0.3, -0.25) is 9.59 Å². The fourth-order valence-corrected chi connectivity index (χ4v) is 7.42. The van der Waals surface area contributed by atoms with Crippen LogP contribution >= 0.6 is 35.3 Å². The van der Waals surface area contributed by atoms with Crippen molar-refractivity contribution < 1.29 is 29.0 Å². The standard InChI is InChI=1S/C16H20N2O6S3/c1-4-24-14(23)7(15-25-5-6-26-15)10(19)17-8-11(20)18-9(13(21)22)16(2,3)27-12(8)18/h8-9,12H,4-6H2,1-3H3,(H,17,19)(H,21,22)/t8-,9?,12-/m1/s1. The predicted octanol–water partition coefficient (Wildman–Crippen LogP) is 0.873. The van der Waals surface area contributed by atoms with Gasteiger partial charge in [0.1, 0.15) is 23.0 Å². The minimum Gasteiger partial charge on any atom is -0.480 e. The molecule has 11 heteroatoms. The van der Waals surface area contributed by atoms with Crippen molar-refractivity contribution >= 4 is 59.0 Å². The van der Waals surface area contributed by atoms with E-state index in [1.165, 1.54) is 40.2 Å². The van der Waals surface area contributed by atoms with E-state index in [0.29, 0.717) is 4.24 Å². The molecule has 1 unspecified atom stereocenters. The summed E-state index contributed by atoms with van der Waals surface area (Å²) in [4.78, 5) is 50.4. The van der Waals surface area contributed by atoms with E-state index in [1.807, 2.05) is 0 Å². The van der Waals surface area contributed by atoms with E-state index in [4.69, 9.17) is 4.74 Å². The van der Waals surface area contributed by atoms with Gasteiger partial charge in [-0.05, 0) is 20.8 Å². The Hall–Kier alpha value is -1.33. The first-order valence-corrected chi connectivity index (χ1v) is 11.2. The highest BCUT2D eigenvalue weighted by atomic mass is 32.2. The molecule has 0 spiro atoms. The number of nitrogens with zero attached hydrogens (tertiary/aromatic N) is 1. The molecule has 3 atom stereocenters. The van der Waals surface area contributed by atoms with Crippen molar-refractivity contribution in [2.24, 2.45) is 0 Å². The third-order valence-corrected chi connectivity index (χ3v) is 8.71. The highest BCUT2D eigenvalue weighted by Gasteiger charge is 2.64. The molecule has 3 rings (SSSR count). The third-order valence-electron chi connectivity index (χ3n) is 4.42. The van der Waals surface area contributed by atoms with Crippen LogP contribution < -0.4 is 5.32 Å². The maximum Gasteiger partial charge on any atom is 0.345 e. The lowest BCUT2D eigenvalue weighted by atomic mass is 9.96. The summed E-state index contributed by atoms with van der Waals surface area (Å²) in [5.41, 5.74) is -0.0763. The van der Waals surface area contributed by atoms with E-state index >= 15 is 0 Å². The third kappa shape index (κ3) is 3.56. The molecule has 3 aliphatic rings. The fourth-order valence-electron chi connectivity index (χ4n) is 3.29. The van der Waals surface area contributed by atoms with Gasteiger partial charge in [-0.2, -0.15) is 0 Å². The zero-order chi connectivity index (χ0) is 19.9. The van der Waals surface area contributed by atoms with E-state index in [0.717, 1.165) is 11.5 Å². The summed E-state index contributed by atoms with van der Waals surface area (Å²) in [5, 5.41) is 11.6. The van der Waals surface area contributed by atoms with Crippen LogP contribution in [0.3, 0.4) is 0 Å². The first kappa shape index (κ1) is 20.4. The average molecular weight is 433 g/mol. The van der Waals surface area contributed by atoms with Gasteiger partial charge in [-0.15, -0.1) is 35.3 Å². The fraction of sp³-hybridized carbons (Fsp3) is 0.625. The minimum atomic E-state index is -1.07. The quantitative estimate of drug-likeness (QED) is 0.215. The number of esters is 1. The van der Waals surface area contributed by atoms with Crippen molar-refractivity contribution in [2.75, 3.05) is 18.1 Å². The van der Waals surface area contributed by atoms with Crippen LogP contribution in [0.1, 0.15) is 20.8 Å². The smallest absolute Gasteiger partial charge is 0.345 e. The molecule has 2 N–H and O–H groups in total. The number of thioether (sulfide) groups is 3. The zero-order valence-corrected chi connectivity index (χ0v) is 17.5. The summed E-state index contributed by atoms with van der Waals surface area (Å²) < 4.78 is 4.92. The van der Waals surface area contributed by atoms with Gasteiger partial charge in [0.05, 0.1) is 10.8 Å². The van der Waals surface area contributed by atoms with Crippen LogP contribution in [0, 0.1) is 0 Å². The van der Waals surface area contributed by atoms with Gasteiger partial charge in [-0.25, -0.2) is 9.59 Å². The molecule has 0 aromatic heterocycles. The number of β-lactam (4-membered cyclic amide) rings is 1. The number of rotatable bonds is 5. The Morgan fingerprint density at radius 2 is 1.93 bits per heavy atom. The lowest BCUT2D eigenvalue weighted by molar-refractivity contribution is -0.161. The van der Waals surface area contributed by atoms with Gasteiger partial charge >= 0.3 is 11.9 Å². The molecule has 27 heavy (non-hydrogen) atoms. The number of carboxylic acid groups (broad SMARTS) is 1. The van der Waals surface area contributed by atoms with E-state index in [1.54, 1.807) is 20.8 Å². The van der Waals surface area contributed by atoms with Crippen LogP contribution in [0.25, 0.3) is 0 Å². The number of aliphatic carboxylic acids is 1. The molecule has 0 aliphatic carbocycles. The van der Waals surface area contributed by atoms with Crippen molar-refractivity contribution in [3.8, 4) is 0 Å². The van der Waals surface area contributed by atoms with E-state index < -0.39 is 46.0 Å². The molecule has 148 valence electrons. The number of hydrogen-bond donors (Lipinski definition) is 2. The first-order chi connectivity index (χ1) is 12.7. The van der Waals surface area contributed by atoms with Gasteiger partial charge in [0.25, 0.3) is 5.91 Å². The average Bonchev–Trinajstić information content (AvgIpc) is 3.17. The molecule has 3 fully saturated rings. The largest absolute Gasteiger partial charge is 0.480 e. The van der Waals surface area contributed by atoms with E-state index in [2.05, 4.69) is 5.32 Å². The predicted molar refractivity (Wildman–Crippen MR) is 104 cm³/mol. The molecule has 0 radical (unpaired) electrons. The van der Waals surface area contributed by atoms with Gasteiger partial charge in [0, 0.05) is 16.3 Å². The second-order valence-corrected chi connectivity index (χ2v) is 10.9. The molecule has 0 aromatic carbocycles. The Bertz CT molecular complexity index is 730. The highest BCUT2D eigenvalue weighted by molar-refractivity contribution is 8.25. The van der Waals surface area contributed by atoms with Crippen molar-refractivity contribution in [3.63, 3.8) is 0 Å². The number of carbonyl (C=O) groups is 4. The molecule has 3 saturated heterocycles. The van der Waals surface area contributed by atoms with Crippen LogP contribution in [0.4, 0.5) is 0 Å². The van der Waals surface area contributed by atoms with Crippen LogP contribution in [0.5, 0.6) is 0 Å². The number of hydrogen-bond acceptors (Lipinski definition) is 8. The second kappa shape index (κ2) is 7.59. The van der Waals surface area contributed by atoms with Gasteiger partial charge in [0.15, 0.2) is 0 Å². The molecule has 0 aromatic rings. The number of amides is 2. The molecular formula is C16H20N2O6S3. The normalized spacial score (nSPS) is 28.4. The Balaban J connectivity index is 1.78. The van der Waals surface area contributed by atoms with Gasteiger partial charge in [0.2, 0.25) is 5.91 Å². The lowest BCUT2D eigenvalue weighted by Gasteiger charge is -2.43. The highest BCUT2D eigenvalue weighted by Crippen LogP contribution is 2.51. The summed E-state index contributed by atoms with van der Waals surface area (Å²) in [6.45, 7) is 5.32. The maximum atomic E-state index is 12.8. The van der Waals surface area contributed by atoms with Crippen molar-refractivity contribution in [3.05, 3.63) is 9.81 Å². The number of fused-ring (bicyclic) bond motifs is 1. The molecule has 3 aliphatic heterocycles. The number of ether oxygens (including phenoxy) is 1. The Morgan fingerprint density at radius 3 is 2.48 bits per heavy atom. The van der Waals surface area contributed by atoms with Crippen molar-refractivity contribution in [2.45, 2.75) is 43.0 Å². The number of carbonyl (C=O) groups excluding carboxylic acids is 3. The SMILES string of the molecule is CCOC(=O)C(C(=O)N[C@@H]1C(=O)N2C(C(=O)O)C(C)(C)S[C@H]12)=C1SCCS1. The van der Waals surface area contributed by atoms with Crippen LogP contribution in [0.15, 0.2) is 9.81 Å². The first-order valence-electron chi connectivity index (χ1n) is 8.39. The van der Waals surface area contributed by atoms with E-state index in [-0.39, 0.29) is 12.2 Å². The lowest BCUT2D eigenvalue weighted by Crippen LogP contribution is -2.70. The summed E-state index contributed by atoms with van der Waals surface area (Å²) >= 11 is 4.16. The minimum absolute atomic E-state index is 0.0763. The summed E-state index contributed by atoms with van der Waals surface area (Å²) in [7, 11) is 0. The second-order valence-electron chi connectivity index (χ2n) is 6.63. The molecule has 8 nitrogen and oxygen atoms in total. The monoisotopic (exact) mass is 432 g/mol. The molecule has 0 saturated carbocycles. The Morgan fingerprint density at radius 1 is 1.30 bits per heavy atom. The topological polar surface area (TPSA) is 113 Å². The number of carboxylic acids is 1. The van der Waals surface area contributed by atoms with Crippen molar-refractivity contribution in [1.82, 2.24) is 10.2 Å². The Labute approximate surface area is 169 Å². The molecular weight excluding hydrogens is 412 g/mol. The number of nitrogens with one attached hydrogen (secondary N) is 1. The van der Waals surface area contributed by atoms with Crippen LogP contribution in [0.2, 0.25) is 0 Å². The summed E-state index contributed by atoms with van der Waals surface area (Å²) in [5.74, 6) is -1.29. The zero-order valence-electron chi connectivity index (χ0n) is 15.0. The van der Waals surface area contributed by atoms with Crippen LogP contribution in [-0.4, -0.2) is 74.1 Å². The van der Waals surface area contributed by atoms with Gasteiger partial charge in [-0.1, -0.05) is 0 Å². The molecule has 0 bridgehead atoms. The Kier molecular flexibility index (Phi) is 5.74. The van der Waals surface area contributed by atoms with Crippen LogP contribution in [-0.2, 0) is 23.9 Å². The molecule has 2 amide bonds. The summed E-state index contributed by atoms with van der Waals surface area (Å²) in [6, 6.07) is -1.80. The summed E-state index contributed by atoms with van der Waals surface area (Å²) in [6.07, 6.45) is 0. The van der Waals surface area contributed by atoms with Crippen molar-refractivity contribution in [1.29, 1.82) is 0 Å². The maximum absolute atomic E-state index is 12.8.